The van der Waals surface area contributed by atoms with Gasteiger partial charge in [0.25, 0.3) is 0 Å². The third-order valence-corrected chi connectivity index (χ3v) is 2.71. The fourth-order valence-electron chi connectivity index (χ4n) is 1.74. The maximum atomic E-state index is 11.0. The van der Waals surface area contributed by atoms with E-state index in [4.69, 9.17) is 5.84 Å². The van der Waals surface area contributed by atoms with Gasteiger partial charge >= 0.3 is 5.69 Å². The first-order valence-electron chi connectivity index (χ1n) is 5.75. The van der Waals surface area contributed by atoms with Crippen molar-refractivity contribution in [3.05, 3.63) is 34.4 Å². The van der Waals surface area contributed by atoms with E-state index < -0.39 is 4.92 Å². The zero-order chi connectivity index (χ0) is 14.7. The smallest absolute Gasteiger partial charge is 0.311 e. The number of hydrazine groups is 1. The van der Waals surface area contributed by atoms with E-state index >= 15 is 0 Å². The second-order valence-electron chi connectivity index (χ2n) is 4.13. The van der Waals surface area contributed by atoms with Crippen molar-refractivity contribution in [3.63, 3.8) is 0 Å². The Hall–Kier alpha value is -2.75. The van der Waals surface area contributed by atoms with Gasteiger partial charge in [-0.1, -0.05) is 0 Å². The number of nitro groups is 1. The van der Waals surface area contributed by atoms with E-state index in [1.165, 1.54) is 12.1 Å². The van der Waals surface area contributed by atoms with Gasteiger partial charge in [0.05, 0.1) is 11.0 Å². The summed E-state index contributed by atoms with van der Waals surface area (Å²) in [5.74, 6) is 6.32. The highest BCUT2D eigenvalue weighted by molar-refractivity contribution is 5.60. The normalized spacial score (nSPS) is 11.9. The number of nitrogens with zero attached hydrogens (tertiary/aromatic N) is 5. The van der Waals surface area contributed by atoms with Crippen molar-refractivity contribution in [2.24, 2.45) is 12.9 Å². The molecule has 20 heavy (non-hydrogen) atoms. The molecule has 10 heteroatoms. The van der Waals surface area contributed by atoms with Gasteiger partial charge in [-0.15, -0.1) is 10.2 Å². The molecule has 0 aromatic carbocycles. The van der Waals surface area contributed by atoms with Gasteiger partial charge in [0.15, 0.2) is 5.82 Å². The van der Waals surface area contributed by atoms with E-state index in [0.717, 1.165) is 0 Å². The van der Waals surface area contributed by atoms with Crippen LogP contribution in [0.4, 0.5) is 17.3 Å². The number of aryl methyl sites for hydroxylation is 1. The number of pyridine rings is 1. The third-order valence-electron chi connectivity index (χ3n) is 2.71. The largest absolute Gasteiger partial charge is 0.355 e. The lowest BCUT2D eigenvalue weighted by Crippen LogP contribution is -2.15. The molecule has 0 aliphatic heterocycles. The van der Waals surface area contributed by atoms with Crippen LogP contribution < -0.4 is 16.6 Å². The predicted octanol–water partition coefficient (Wildman–Crippen LogP) is 0.577. The molecule has 0 saturated carbocycles. The number of hydrogen-bond donors (Lipinski definition) is 3. The highest BCUT2D eigenvalue weighted by Gasteiger charge is 2.20. The van der Waals surface area contributed by atoms with Crippen LogP contribution in [0.1, 0.15) is 18.8 Å². The minimum atomic E-state index is -0.515. The highest BCUT2D eigenvalue weighted by atomic mass is 16.6. The first kappa shape index (κ1) is 13.7. The van der Waals surface area contributed by atoms with E-state index in [-0.39, 0.29) is 17.5 Å². The number of nitrogen functional groups attached to an aromatic ring is 1. The Bertz CT molecular complexity index is 625. The molecule has 0 aliphatic rings. The lowest BCUT2D eigenvalue weighted by molar-refractivity contribution is -0.384. The SMILES string of the molecule is CC(Nc1nc(NN)ccc1[N+](=O)[O-])c1nncn1C. The molecule has 2 heterocycles. The van der Waals surface area contributed by atoms with Gasteiger partial charge in [0, 0.05) is 13.1 Å². The Morgan fingerprint density at radius 2 is 2.25 bits per heavy atom. The van der Waals surface area contributed by atoms with Crippen molar-refractivity contribution >= 4 is 17.3 Å². The molecular formula is C10H14N8O2. The van der Waals surface area contributed by atoms with E-state index in [1.807, 2.05) is 0 Å². The van der Waals surface area contributed by atoms with Crippen LogP contribution in [0.3, 0.4) is 0 Å². The third kappa shape index (κ3) is 2.64. The number of hydrogen-bond acceptors (Lipinski definition) is 8. The van der Waals surface area contributed by atoms with Crippen LogP contribution in [-0.2, 0) is 7.05 Å². The number of aromatic nitrogens is 4. The average molecular weight is 278 g/mol. The summed E-state index contributed by atoms with van der Waals surface area (Å²) >= 11 is 0. The number of anilines is 2. The molecule has 10 nitrogen and oxygen atoms in total. The molecule has 2 aromatic rings. The van der Waals surface area contributed by atoms with Gasteiger partial charge in [0.1, 0.15) is 12.1 Å². The van der Waals surface area contributed by atoms with Crippen LogP contribution in [0.25, 0.3) is 0 Å². The molecule has 1 atom stereocenters. The standard InChI is InChI=1S/C10H14N8O2/c1-6(10-16-12-5-17(10)2)13-9-7(18(19)20)3-4-8(14-9)15-11/h3-6H,11H2,1-2H3,(H2,13,14,15). The zero-order valence-corrected chi connectivity index (χ0v) is 10.9. The first-order valence-corrected chi connectivity index (χ1v) is 5.75. The lowest BCUT2D eigenvalue weighted by Gasteiger charge is -2.14. The van der Waals surface area contributed by atoms with Gasteiger partial charge in [-0.25, -0.2) is 10.8 Å². The predicted molar refractivity (Wildman–Crippen MR) is 71.7 cm³/mol. The molecular weight excluding hydrogens is 264 g/mol. The van der Waals surface area contributed by atoms with Crippen LogP contribution in [-0.4, -0.2) is 24.7 Å². The second kappa shape index (κ2) is 5.48. The Morgan fingerprint density at radius 3 is 2.80 bits per heavy atom. The van der Waals surface area contributed by atoms with Gasteiger partial charge in [0.2, 0.25) is 5.82 Å². The maximum absolute atomic E-state index is 11.0. The minimum absolute atomic E-state index is 0.112. The topological polar surface area (TPSA) is 137 Å². The van der Waals surface area contributed by atoms with Crippen LogP contribution in [0, 0.1) is 10.1 Å². The summed E-state index contributed by atoms with van der Waals surface area (Å²) in [5.41, 5.74) is 2.21. The molecule has 1 unspecified atom stereocenters. The fourth-order valence-corrected chi connectivity index (χ4v) is 1.74. The quantitative estimate of drug-likeness (QED) is 0.410. The van der Waals surface area contributed by atoms with E-state index in [2.05, 4.69) is 25.9 Å². The maximum Gasteiger partial charge on any atom is 0.311 e. The zero-order valence-electron chi connectivity index (χ0n) is 10.9. The molecule has 0 spiro atoms. The minimum Gasteiger partial charge on any atom is -0.355 e. The Labute approximate surface area is 114 Å². The summed E-state index contributed by atoms with van der Waals surface area (Å²) in [6.07, 6.45) is 1.55. The number of rotatable bonds is 5. The Balaban J connectivity index is 2.32. The van der Waals surface area contributed by atoms with Crippen molar-refractivity contribution in [1.29, 1.82) is 0 Å². The van der Waals surface area contributed by atoms with Crippen LogP contribution in [0.5, 0.6) is 0 Å². The van der Waals surface area contributed by atoms with E-state index in [9.17, 15) is 10.1 Å². The molecule has 0 aliphatic carbocycles. The molecule has 0 bridgehead atoms. The van der Waals surface area contributed by atoms with E-state index in [1.54, 1.807) is 24.9 Å². The Kier molecular flexibility index (Phi) is 3.75. The van der Waals surface area contributed by atoms with E-state index in [0.29, 0.717) is 11.6 Å². The molecule has 106 valence electrons. The summed E-state index contributed by atoms with van der Waals surface area (Å²) in [6, 6.07) is 2.45. The van der Waals surface area contributed by atoms with Crippen molar-refractivity contribution in [1.82, 2.24) is 19.7 Å². The molecule has 2 rings (SSSR count). The summed E-state index contributed by atoms with van der Waals surface area (Å²) in [5, 5.41) is 21.6. The molecule has 0 amide bonds. The second-order valence-corrected chi connectivity index (χ2v) is 4.13. The number of nitrogens with two attached hydrogens (primary N) is 1. The monoisotopic (exact) mass is 278 g/mol. The van der Waals surface area contributed by atoms with Gasteiger partial charge < -0.3 is 15.3 Å². The Morgan fingerprint density at radius 1 is 1.50 bits per heavy atom. The average Bonchev–Trinajstić information content (AvgIpc) is 2.84. The lowest BCUT2D eigenvalue weighted by atomic mass is 10.3. The van der Waals surface area contributed by atoms with Crippen molar-refractivity contribution in [3.8, 4) is 0 Å². The molecule has 0 fully saturated rings. The first-order chi connectivity index (χ1) is 9.52. The molecule has 2 aromatic heterocycles. The molecule has 4 N–H and O–H groups in total. The van der Waals surface area contributed by atoms with Crippen LogP contribution in [0.2, 0.25) is 0 Å². The van der Waals surface area contributed by atoms with Crippen molar-refractivity contribution < 1.29 is 4.92 Å². The summed E-state index contributed by atoms with van der Waals surface area (Å²) in [6.45, 7) is 1.80. The van der Waals surface area contributed by atoms with Crippen LogP contribution in [0.15, 0.2) is 18.5 Å². The van der Waals surface area contributed by atoms with Gasteiger partial charge in [-0.2, -0.15) is 0 Å². The van der Waals surface area contributed by atoms with Crippen molar-refractivity contribution in [2.45, 2.75) is 13.0 Å². The molecule has 0 radical (unpaired) electrons. The highest BCUT2D eigenvalue weighted by Crippen LogP contribution is 2.26. The summed E-state index contributed by atoms with van der Waals surface area (Å²) < 4.78 is 1.72. The van der Waals surface area contributed by atoms with Crippen molar-refractivity contribution in [2.75, 3.05) is 10.7 Å². The molecule has 0 saturated heterocycles. The summed E-state index contributed by atoms with van der Waals surface area (Å²) in [4.78, 5) is 14.5. The van der Waals surface area contributed by atoms with Gasteiger partial charge in [-0.3, -0.25) is 10.1 Å². The van der Waals surface area contributed by atoms with Gasteiger partial charge in [-0.05, 0) is 13.0 Å². The summed E-state index contributed by atoms with van der Waals surface area (Å²) in [7, 11) is 1.78. The number of nitrogens with one attached hydrogen (secondary N) is 2. The van der Waals surface area contributed by atoms with Crippen LogP contribution >= 0.6 is 0 Å². The fraction of sp³-hybridized carbons (Fsp3) is 0.300.